The average Bonchev–Trinajstić information content (AvgIpc) is 3.15. The zero-order valence-corrected chi connectivity index (χ0v) is 10.6. The number of piperidine rings is 1. The number of rotatable bonds is 7. The van der Waals surface area contributed by atoms with Gasteiger partial charge in [0.2, 0.25) is 0 Å². The van der Waals surface area contributed by atoms with Gasteiger partial charge in [0.15, 0.2) is 0 Å². The zero-order valence-electron chi connectivity index (χ0n) is 10.6. The minimum Gasteiger partial charge on any atom is -0.378 e. The van der Waals surface area contributed by atoms with Gasteiger partial charge in [-0.3, -0.25) is 0 Å². The highest BCUT2D eigenvalue weighted by atomic mass is 16.5. The molecule has 2 rings (SSSR count). The molecular weight excluding hydrogens is 200 g/mol. The molecule has 2 aliphatic rings. The third kappa shape index (κ3) is 4.04. The summed E-state index contributed by atoms with van der Waals surface area (Å²) < 4.78 is 5.91. The van der Waals surface area contributed by atoms with E-state index in [1.54, 1.807) is 0 Å². The molecule has 1 aliphatic heterocycles. The zero-order chi connectivity index (χ0) is 11.2. The Morgan fingerprint density at radius 3 is 2.56 bits per heavy atom. The van der Waals surface area contributed by atoms with E-state index in [0.717, 1.165) is 25.7 Å². The molecule has 0 aromatic heterocycles. The van der Waals surface area contributed by atoms with E-state index in [0.29, 0.717) is 6.10 Å². The maximum atomic E-state index is 5.91. The lowest BCUT2D eigenvalue weighted by molar-refractivity contribution is 0.0276. The molecule has 2 fully saturated rings. The van der Waals surface area contributed by atoms with Crippen LogP contribution >= 0.6 is 0 Å². The largest absolute Gasteiger partial charge is 0.378 e. The molecule has 3 heteroatoms. The van der Waals surface area contributed by atoms with Crippen LogP contribution in [0.4, 0.5) is 0 Å². The number of hydrogen-bond donors (Lipinski definition) is 1. The van der Waals surface area contributed by atoms with Crippen LogP contribution in [0.15, 0.2) is 0 Å². The van der Waals surface area contributed by atoms with Crippen molar-refractivity contribution in [3.05, 3.63) is 0 Å². The molecule has 1 N–H and O–H groups in total. The van der Waals surface area contributed by atoms with Gasteiger partial charge in [-0.2, -0.15) is 0 Å². The molecule has 0 unspecified atom stereocenters. The summed E-state index contributed by atoms with van der Waals surface area (Å²) in [6.07, 6.45) is 6.96. The summed E-state index contributed by atoms with van der Waals surface area (Å²) in [5.74, 6) is 0. The molecule has 1 saturated heterocycles. The van der Waals surface area contributed by atoms with Gasteiger partial charge in [-0.05, 0) is 51.7 Å². The summed E-state index contributed by atoms with van der Waals surface area (Å²) in [6.45, 7) is 7.92. The second-order valence-electron chi connectivity index (χ2n) is 5.03. The van der Waals surface area contributed by atoms with Gasteiger partial charge in [-0.15, -0.1) is 0 Å². The van der Waals surface area contributed by atoms with Crippen LogP contribution in [0, 0.1) is 0 Å². The quantitative estimate of drug-likeness (QED) is 0.668. The first kappa shape index (κ1) is 12.3. The van der Waals surface area contributed by atoms with Crippen molar-refractivity contribution in [2.24, 2.45) is 0 Å². The summed E-state index contributed by atoms with van der Waals surface area (Å²) in [5.41, 5.74) is 0. The highest BCUT2D eigenvalue weighted by molar-refractivity contribution is 4.83. The van der Waals surface area contributed by atoms with Crippen molar-refractivity contribution in [3.8, 4) is 0 Å². The van der Waals surface area contributed by atoms with E-state index >= 15 is 0 Å². The van der Waals surface area contributed by atoms with E-state index in [1.807, 2.05) is 0 Å². The molecule has 0 aromatic rings. The van der Waals surface area contributed by atoms with Crippen LogP contribution in [0.2, 0.25) is 0 Å². The molecule has 0 bridgehead atoms. The normalized spacial score (nSPS) is 22.9. The number of nitrogens with one attached hydrogen (secondary N) is 1. The lowest BCUT2D eigenvalue weighted by Gasteiger charge is -2.24. The topological polar surface area (TPSA) is 24.5 Å². The summed E-state index contributed by atoms with van der Waals surface area (Å²) in [7, 11) is 0. The van der Waals surface area contributed by atoms with E-state index in [4.69, 9.17) is 4.74 Å². The van der Waals surface area contributed by atoms with Gasteiger partial charge in [0.25, 0.3) is 0 Å². The SMILES string of the molecule is CCN(CCCOC1CCNCC1)C1CC1. The fourth-order valence-corrected chi connectivity index (χ4v) is 2.52. The van der Waals surface area contributed by atoms with Gasteiger partial charge in [0.05, 0.1) is 6.10 Å². The third-order valence-electron chi connectivity index (χ3n) is 3.70. The Labute approximate surface area is 99.5 Å². The molecule has 0 spiro atoms. The van der Waals surface area contributed by atoms with Crippen molar-refractivity contribution in [3.63, 3.8) is 0 Å². The first-order valence-corrected chi connectivity index (χ1v) is 6.96. The predicted molar refractivity (Wildman–Crippen MR) is 66.7 cm³/mol. The van der Waals surface area contributed by atoms with Gasteiger partial charge < -0.3 is 15.0 Å². The molecule has 0 amide bonds. The van der Waals surface area contributed by atoms with Crippen molar-refractivity contribution in [1.29, 1.82) is 0 Å². The van der Waals surface area contributed by atoms with E-state index in [9.17, 15) is 0 Å². The molecule has 1 heterocycles. The maximum absolute atomic E-state index is 5.91. The van der Waals surface area contributed by atoms with Gasteiger partial charge in [0.1, 0.15) is 0 Å². The van der Waals surface area contributed by atoms with Crippen molar-refractivity contribution in [2.45, 2.75) is 51.2 Å². The standard InChI is InChI=1S/C13H26N2O/c1-2-15(12-4-5-12)10-3-11-16-13-6-8-14-9-7-13/h12-14H,2-11H2,1H3. The molecular formula is C13H26N2O. The minimum absolute atomic E-state index is 0.525. The second kappa shape index (κ2) is 6.58. The Balaban J connectivity index is 1.50. The molecule has 1 saturated carbocycles. The lowest BCUT2D eigenvalue weighted by Crippen LogP contribution is -2.33. The first-order valence-electron chi connectivity index (χ1n) is 6.96. The molecule has 0 aromatic carbocycles. The maximum Gasteiger partial charge on any atom is 0.0599 e. The summed E-state index contributed by atoms with van der Waals surface area (Å²) in [5, 5.41) is 3.37. The van der Waals surface area contributed by atoms with Crippen LogP contribution in [0.3, 0.4) is 0 Å². The third-order valence-corrected chi connectivity index (χ3v) is 3.70. The summed E-state index contributed by atoms with van der Waals surface area (Å²) in [6, 6.07) is 0.906. The first-order chi connectivity index (χ1) is 7.90. The van der Waals surface area contributed by atoms with Crippen molar-refractivity contribution < 1.29 is 4.74 Å². The van der Waals surface area contributed by atoms with Crippen LogP contribution < -0.4 is 5.32 Å². The number of nitrogens with zero attached hydrogens (tertiary/aromatic N) is 1. The fraction of sp³-hybridized carbons (Fsp3) is 1.00. The van der Waals surface area contributed by atoms with Crippen molar-refractivity contribution >= 4 is 0 Å². The number of hydrogen-bond acceptors (Lipinski definition) is 3. The van der Waals surface area contributed by atoms with Crippen LogP contribution in [0.25, 0.3) is 0 Å². The fourth-order valence-electron chi connectivity index (χ4n) is 2.52. The predicted octanol–water partition coefficient (Wildman–Crippen LogP) is 1.63. The summed E-state index contributed by atoms with van der Waals surface area (Å²) in [4.78, 5) is 2.60. The summed E-state index contributed by atoms with van der Waals surface area (Å²) >= 11 is 0. The smallest absolute Gasteiger partial charge is 0.0599 e. The van der Waals surface area contributed by atoms with Crippen molar-refractivity contribution in [2.75, 3.05) is 32.8 Å². The van der Waals surface area contributed by atoms with Gasteiger partial charge in [-0.25, -0.2) is 0 Å². The molecule has 1 aliphatic carbocycles. The molecule has 0 atom stereocenters. The Kier molecular flexibility index (Phi) is 5.07. The second-order valence-corrected chi connectivity index (χ2v) is 5.03. The Bertz CT molecular complexity index is 188. The molecule has 0 radical (unpaired) electrons. The highest BCUT2D eigenvalue weighted by Gasteiger charge is 2.27. The van der Waals surface area contributed by atoms with Crippen LogP contribution in [-0.4, -0.2) is 49.8 Å². The highest BCUT2D eigenvalue weighted by Crippen LogP contribution is 2.26. The van der Waals surface area contributed by atoms with Crippen LogP contribution in [0.1, 0.15) is 39.0 Å². The van der Waals surface area contributed by atoms with E-state index < -0.39 is 0 Å². The Morgan fingerprint density at radius 2 is 1.94 bits per heavy atom. The van der Waals surface area contributed by atoms with E-state index in [2.05, 4.69) is 17.1 Å². The molecule has 16 heavy (non-hydrogen) atoms. The van der Waals surface area contributed by atoms with Gasteiger partial charge in [-0.1, -0.05) is 6.92 Å². The lowest BCUT2D eigenvalue weighted by atomic mass is 10.1. The molecule has 3 nitrogen and oxygen atoms in total. The van der Waals surface area contributed by atoms with Crippen molar-refractivity contribution in [1.82, 2.24) is 10.2 Å². The Hall–Kier alpha value is -0.120. The van der Waals surface area contributed by atoms with Gasteiger partial charge >= 0.3 is 0 Å². The van der Waals surface area contributed by atoms with Gasteiger partial charge in [0, 0.05) is 19.2 Å². The Morgan fingerprint density at radius 1 is 1.19 bits per heavy atom. The molecule has 94 valence electrons. The average molecular weight is 226 g/mol. The van der Waals surface area contributed by atoms with Crippen LogP contribution in [0.5, 0.6) is 0 Å². The number of ether oxygens (including phenoxy) is 1. The van der Waals surface area contributed by atoms with Crippen LogP contribution in [-0.2, 0) is 4.74 Å². The monoisotopic (exact) mass is 226 g/mol. The minimum atomic E-state index is 0.525. The van der Waals surface area contributed by atoms with E-state index in [-0.39, 0.29) is 0 Å². The van der Waals surface area contributed by atoms with E-state index in [1.165, 1.54) is 45.2 Å².